The van der Waals surface area contributed by atoms with E-state index in [0.717, 1.165) is 11.3 Å². The predicted octanol–water partition coefficient (Wildman–Crippen LogP) is 0.818. The molecular weight excluding hydrogens is 318 g/mol. The highest BCUT2D eigenvalue weighted by molar-refractivity contribution is 6.18. The normalized spacial score (nSPS) is 23.8. The number of nitrogens with one attached hydrogen (secondary N) is 2. The maximum absolute atomic E-state index is 12.0. The first kappa shape index (κ1) is 15.9. The zero-order valence-electron chi connectivity index (χ0n) is 12.6. The number of hydroxylamine groups is 1. The first-order valence-electron chi connectivity index (χ1n) is 7.37. The molecule has 3 atom stereocenters. The van der Waals surface area contributed by atoms with Gasteiger partial charge in [0.05, 0.1) is 24.7 Å². The van der Waals surface area contributed by atoms with Crippen LogP contribution < -0.4 is 10.8 Å². The third kappa shape index (κ3) is 3.36. The summed E-state index contributed by atoms with van der Waals surface area (Å²) < 4.78 is 1.72. The number of hydrogen-bond acceptors (Lipinski definition) is 5. The predicted molar refractivity (Wildman–Crippen MR) is 85.5 cm³/mol. The first-order chi connectivity index (χ1) is 11.2. The van der Waals surface area contributed by atoms with Crippen molar-refractivity contribution in [3.63, 3.8) is 0 Å². The number of benzene rings is 1. The number of carbonyl (C=O) groups is 1. The number of hydrogen-bond donors (Lipinski definition) is 2. The third-order valence-corrected chi connectivity index (χ3v) is 4.24. The maximum Gasteiger partial charge on any atom is 0.239 e. The van der Waals surface area contributed by atoms with Crippen LogP contribution in [0.5, 0.6) is 0 Å². The fourth-order valence-corrected chi connectivity index (χ4v) is 2.96. The van der Waals surface area contributed by atoms with Crippen molar-refractivity contribution in [1.82, 2.24) is 25.8 Å². The van der Waals surface area contributed by atoms with Crippen molar-refractivity contribution in [2.24, 2.45) is 5.92 Å². The Labute approximate surface area is 138 Å². The molecule has 0 saturated carbocycles. The monoisotopic (exact) mass is 335 g/mol. The molecule has 1 aromatic heterocycles. The van der Waals surface area contributed by atoms with Crippen LogP contribution in [0.25, 0.3) is 11.3 Å². The molecule has 3 rings (SSSR count). The highest BCUT2D eigenvalue weighted by Crippen LogP contribution is 2.23. The summed E-state index contributed by atoms with van der Waals surface area (Å²) in [5, 5.41) is 11.0. The average Bonchev–Trinajstić information content (AvgIpc) is 3.22. The molecule has 0 aliphatic carbocycles. The van der Waals surface area contributed by atoms with E-state index in [-0.39, 0.29) is 17.9 Å². The second-order valence-corrected chi connectivity index (χ2v) is 5.68. The molecule has 1 aliphatic heterocycles. The van der Waals surface area contributed by atoms with Gasteiger partial charge < -0.3 is 5.32 Å². The van der Waals surface area contributed by atoms with Crippen molar-refractivity contribution in [2.75, 3.05) is 12.9 Å². The van der Waals surface area contributed by atoms with E-state index in [1.54, 1.807) is 11.7 Å². The van der Waals surface area contributed by atoms with Crippen molar-refractivity contribution in [3.8, 4) is 11.3 Å². The molecule has 122 valence electrons. The third-order valence-electron chi connectivity index (χ3n) is 3.94. The standard InChI is InChI=1S/C15H18ClN5O2/c1-17-15(22)14-11(13(7-16)23-19-14)8-21-9-12(18-20-21)10-5-3-2-4-6-10/h2-6,9,11,13-14,19H,7-8H2,1H3,(H,17,22)/t11-,13+,14-/m0/s1. The minimum Gasteiger partial charge on any atom is -0.358 e. The fourth-order valence-electron chi connectivity index (χ4n) is 2.67. The Kier molecular flexibility index (Phi) is 4.90. The van der Waals surface area contributed by atoms with E-state index in [2.05, 4.69) is 21.1 Å². The van der Waals surface area contributed by atoms with Gasteiger partial charge in [0.25, 0.3) is 0 Å². The number of nitrogens with zero attached hydrogens (tertiary/aromatic N) is 3. The number of amides is 1. The molecule has 0 bridgehead atoms. The van der Waals surface area contributed by atoms with Crippen LogP contribution in [0.1, 0.15) is 0 Å². The number of aromatic nitrogens is 3. The number of carbonyl (C=O) groups excluding carboxylic acids is 1. The van der Waals surface area contributed by atoms with Crippen LogP contribution in [0.3, 0.4) is 0 Å². The minimum atomic E-state index is -0.465. The van der Waals surface area contributed by atoms with E-state index < -0.39 is 6.04 Å². The van der Waals surface area contributed by atoms with Gasteiger partial charge >= 0.3 is 0 Å². The summed E-state index contributed by atoms with van der Waals surface area (Å²) in [5.41, 5.74) is 4.54. The Morgan fingerprint density at radius 3 is 2.91 bits per heavy atom. The van der Waals surface area contributed by atoms with Crippen molar-refractivity contribution < 1.29 is 9.63 Å². The maximum atomic E-state index is 12.0. The van der Waals surface area contributed by atoms with E-state index >= 15 is 0 Å². The topological polar surface area (TPSA) is 81.1 Å². The van der Waals surface area contributed by atoms with Crippen molar-refractivity contribution >= 4 is 17.5 Å². The summed E-state index contributed by atoms with van der Waals surface area (Å²) >= 11 is 5.94. The zero-order chi connectivity index (χ0) is 16.2. The second kappa shape index (κ2) is 7.08. The van der Waals surface area contributed by atoms with Gasteiger partial charge in [-0.2, -0.15) is 5.48 Å². The Morgan fingerprint density at radius 1 is 1.43 bits per heavy atom. The molecule has 0 spiro atoms. The largest absolute Gasteiger partial charge is 0.358 e. The van der Waals surface area contributed by atoms with E-state index in [1.807, 2.05) is 36.5 Å². The van der Waals surface area contributed by atoms with Crippen LogP contribution >= 0.6 is 11.6 Å². The molecule has 8 heteroatoms. The Balaban J connectivity index is 1.77. The van der Waals surface area contributed by atoms with Crippen molar-refractivity contribution in [1.29, 1.82) is 0 Å². The van der Waals surface area contributed by atoms with Gasteiger partial charge in [-0.25, -0.2) is 0 Å². The zero-order valence-corrected chi connectivity index (χ0v) is 13.4. The summed E-state index contributed by atoms with van der Waals surface area (Å²) in [6.45, 7) is 0.488. The van der Waals surface area contributed by atoms with Gasteiger partial charge in [0.15, 0.2) is 0 Å². The van der Waals surface area contributed by atoms with Crippen LogP contribution in [-0.4, -0.2) is 46.0 Å². The molecule has 23 heavy (non-hydrogen) atoms. The van der Waals surface area contributed by atoms with Crippen LogP contribution in [0, 0.1) is 5.92 Å². The van der Waals surface area contributed by atoms with Crippen molar-refractivity contribution in [2.45, 2.75) is 18.7 Å². The molecule has 1 aromatic carbocycles. The molecule has 1 aliphatic rings. The lowest BCUT2D eigenvalue weighted by Gasteiger charge is -2.18. The molecule has 1 amide bonds. The molecule has 1 saturated heterocycles. The summed E-state index contributed by atoms with van der Waals surface area (Å²) in [6.07, 6.45) is 1.60. The van der Waals surface area contributed by atoms with Crippen LogP contribution in [0.2, 0.25) is 0 Å². The highest BCUT2D eigenvalue weighted by atomic mass is 35.5. The second-order valence-electron chi connectivity index (χ2n) is 5.38. The van der Waals surface area contributed by atoms with Gasteiger partial charge in [-0.05, 0) is 0 Å². The summed E-state index contributed by atoms with van der Waals surface area (Å²) in [4.78, 5) is 17.4. The molecule has 2 aromatic rings. The molecule has 7 nitrogen and oxygen atoms in total. The van der Waals surface area contributed by atoms with Gasteiger partial charge in [-0.15, -0.1) is 16.7 Å². The Morgan fingerprint density at radius 2 is 2.22 bits per heavy atom. The number of alkyl halides is 1. The molecule has 0 radical (unpaired) electrons. The quantitative estimate of drug-likeness (QED) is 0.791. The number of halogens is 1. The summed E-state index contributed by atoms with van der Waals surface area (Å²) in [5.74, 6) is 0.0366. The minimum absolute atomic E-state index is 0.127. The lowest BCUT2D eigenvalue weighted by Crippen LogP contribution is -2.44. The van der Waals surface area contributed by atoms with E-state index in [9.17, 15) is 4.79 Å². The smallest absolute Gasteiger partial charge is 0.239 e. The van der Waals surface area contributed by atoms with E-state index in [0.29, 0.717) is 12.4 Å². The molecule has 2 N–H and O–H groups in total. The van der Waals surface area contributed by atoms with Crippen LogP contribution in [-0.2, 0) is 16.2 Å². The van der Waals surface area contributed by atoms with E-state index in [4.69, 9.17) is 16.4 Å². The molecule has 2 heterocycles. The van der Waals surface area contributed by atoms with Gasteiger partial charge in [-0.3, -0.25) is 14.3 Å². The lowest BCUT2D eigenvalue weighted by molar-refractivity contribution is -0.124. The Hall–Kier alpha value is -1.96. The van der Waals surface area contributed by atoms with Crippen LogP contribution in [0.4, 0.5) is 0 Å². The molecule has 1 fully saturated rings. The van der Waals surface area contributed by atoms with Crippen molar-refractivity contribution in [3.05, 3.63) is 36.5 Å². The molecule has 0 unspecified atom stereocenters. The highest BCUT2D eigenvalue weighted by Gasteiger charge is 2.41. The summed E-state index contributed by atoms with van der Waals surface area (Å²) in [7, 11) is 1.60. The van der Waals surface area contributed by atoms with Gasteiger partial charge in [0.1, 0.15) is 11.7 Å². The number of likely N-dealkylation sites (N-methyl/N-ethyl adjacent to an activating group) is 1. The molecular formula is C15H18ClN5O2. The van der Waals surface area contributed by atoms with E-state index in [1.165, 1.54) is 0 Å². The van der Waals surface area contributed by atoms with Gasteiger partial charge in [0.2, 0.25) is 5.91 Å². The SMILES string of the molecule is CNC(=O)[C@H]1NO[C@H](CCl)[C@@H]1Cn1cc(-c2ccccc2)nn1. The first-order valence-corrected chi connectivity index (χ1v) is 7.90. The average molecular weight is 336 g/mol. The summed E-state index contributed by atoms with van der Waals surface area (Å²) in [6, 6.07) is 9.34. The van der Waals surface area contributed by atoms with Gasteiger partial charge in [0, 0.05) is 18.5 Å². The lowest BCUT2D eigenvalue weighted by atomic mass is 9.95. The number of rotatable bonds is 5. The Bertz CT molecular complexity index is 663. The van der Waals surface area contributed by atoms with Gasteiger partial charge in [-0.1, -0.05) is 35.5 Å². The fraction of sp³-hybridized carbons (Fsp3) is 0.400. The van der Waals surface area contributed by atoms with Crippen LogP contribution in [0.15, 0.2) is 36.5 Å².